The molecule has 82 valence electrons. The fraction of sp³-hybridized carbons (Fsp3) is 0.571. The van der Waals surface area contributed by atoms with Crippen molar-refractivity contribution in [3.05, 3.63) is 35.4 Å². The van der Waals surface area contributed by atoms with E-state index in [1.807, 2.05) is 0 Å². The third-order valence-electron chi connectivity index (χ3n) is 3.36. The third kappa shape index (κ3) is 2.82. The molecule has 0 amide bonds. The highest BCUT2D eigenvalue weighted by Gasteiger charge is 2.22. The van der Waals surface area contributed by atoms with Crippen molar-refractivity contribution in [3.8, 4) is 0 Å². The van der Waals surface area contributed by atoms with Crippen LogP contribution in [0.5, 0.6) is 0 Å². The second-order valence-electron chi connectivity index (χ2n) is 5.13. The Hall–Kier alpha value is -0.820. The molecule has 0 spiro atoms. The molecule has 2 N–H and O–H groups in total. The van der Waals surface area contributed by atoms with Crippen LogP contribution in [0.25, 0.3) is 0 Å². The maximum Gasteiger partial charge on any atom is 0.0102 e. The van der Waals surface area contributed by atoms with E-state index in [1.165, 1.54) is 24.0 Å². The van der Waals surface area contributed by atoms with Gasteiger partial charge in [-0.05, 0) is 42.2 Å². The minimum absolute atomic E-state index is 0.289. The molecule has 0 bridgehead atoms. The summed E-state index contributed by atoms with van der Waals surface area (Å²) in [7, 11) is 0. The lowest BCUT2D eigenvalue weighted by atomic mass is 9.96. The highest BCUT2D eigenvalue weighted by molar-refractivity contribution is 5.28. The van der Waals surface area contributed by atoms with Crippen LogP contribution in [-0.4, -0.2) is 6.04 Å². The van der Waals surface area contributed by atoms with Crippen molar-refractivity contribution in [1.29, 1.82) is 0 Å². The van der Waals surface area contributed by atoms with E-state index >= 15 is 0 Å². The SMILES string of the molecule is CC(C)C(N)Cc1ccc(C2CC2)cc1. The molecule has 0 radical (unpaired) electrons. The van der Waals surface area contributed by atoms with Gasteiger partial charge < -0.3 is 5.73 Å². The first-order valence-electron chi connectivity index (χ1n) is 6.01. The first-order valence-corrected chi connectivity index (χ1v) is 6.01. The minimum Gasteiger partial charge on any atom is -0.327 e. The summed E-state index contributed by atoms with van der Waals surface area (Å²) in [4.78, 5) is 0. The summed E-state index contributed by atoms with van der Waals surface area (Å²) in [5, 5.41) is 0. The van der Waals surface area contributed by atoms with Crippen LogP contribution < -0.4 is 5.73 Å². The summed E-state index contributed by atoms with van der Waals surface area (Å²) >= 11 is 0. The quantitative estimate of drug-likeness (QED) is 0.799. The molecule has 15 heavy (non-hydrogen) atoms. The lowest BCUT2D eigenvalue weighted by Gasteiger charge is -2.15. The summed E-state index contributed by atoms with van der Waals surface area (Å²) in [6.07, 6.45) is 3.76. The monoisotopic (exact) mass is 203 g/mol. The minimum atomic E-state index is 0.289. The van der Waals surface area contributed by atoms with Crippen LogP contribution in [-0.2, 0) is 6.42 Å². The second kappa shape index (κ2) is 4.36. The average molecular weight is 203 g/mol. The Balaban J connectivity index is 1.97. The average Bonchev–Trinajstić information content (AvgIpc) is 3.02. The fourth-order valence-electron chi connectivity index (χ4n) is 1.85. The van der Waals surface area contributed by atoms with E-state index in [0.29, 0.717) is 5.92 Å². The highest BCUT2D eigenvalue weighted by Crippen LogP contribution is 2.39. The molecule has 1 saturated carbocycles. The number of benzene rings is 1. The van der Waals surface area contributed by atoms with Gasteiger partial charge in [-0.25, -0.2) is 0 Å². The largest absolute Gasteiger partial charge is 0.327 e. The van der Waals surface area contributed by atoms with Gasteiger partial charge >= 0.3 is 0 Å². The number of hydrogen-bond donors (Lipinski definition) is 1. The van der Waals surface area contributed by atoms with Gasteiger partial charge in [0.1, 0.15) is 0 Å². The highest BCUT2D eigenvalue weighted by atomic mass is 14.6. The van der Waals surface area contributed by atoms with Gasteiger partial charge in [-0.2, -0.15) is 0 Å². The predicted octanol–water partition coefficient (Wildman–Crippen LogP) is 3.09. The lowest BCUT2D eigenvalue weighted by molar-refractivity contribution is 0.490. The van der Waals surface area contributed by atoms with Gasteiger partial charge in [0.15, 0.2) is 0 Å². The van der Waals surface area contributed by atoms with Crippen molar-refractivity contribution in [1.82, 2.24) is 0 Å². The molecule has 1 unspecified atom stereocenters. The molecule has 1 atom stereocenters. The van der Waals surface area contributed by atoms with Gasteiger partial charge in [0, 0.05) is 6.04 Å². The van der Waals surface area contributed by atoms with Crippen molar-refractivity contribution in [2.24, 2.45) is 11.7 Å². The maximum atomic E-state index is 6.06. The lowest BCUT2D eigenvalue weighted by Crippen LogP contribution is -2.28. The molecule has 0 saturated heterocycles. The van der Waals surface area contributed by atoms with E-state index in [0.717, 1.165) is 12.3 Å². The molecule has 1 aliphatic carbocycles. The van der Waals surface area contributed by atoms with Gasteiger partial charge in [-0.1, -0.05) is 38.1 Å². The van der Waals surface area contributed by atoms with Crippen LogP contribution in [0.4, 0.5) is 0 Å². The molecule has 1 aromatic rings. The summed E-state index contributed by atoms with van der Waals surface area (Å²) in [6.45, 7) is 4.37. The molecule has 1 aliphatic rings. The van der Waals surface area contributed by atoms with Crippen molar-refractivity contribution < 1.29 is 0 Å². The fourth-order valence-corrected chi connectivity index (χ4v) is 1.85. The van der Waals surface area contributed by atoms with E-state index < -0.39 is 0 Å². The molecule has 1 nitrogen and oxygen atoms in total. The van der Waals surface area contributed by atoms with Crippen LogP contribution in [0.3, 0.4) is 0 Å². The Morgan fingerprint density at radius 3 is 2.27 bits per heavy atom. The normalized spacial score (nSPS) is 18.1. The smallest absolute Gasteiger partial charge is 0.0102 e. The van der Waals surface area contributed by atoms with Crippen LogP contribution >= 0.6 is 0 Å². The van der Waals surface area contributed by atoms with Gasteiger partial charge in [0.2, 0.25) is 0 Å². The molecule has 1 aromatic carbocycles. The van der Waals surface area contributed by atoms with E-state index in [-0.39, 0.29) is 6.04 Å². The van der Waals surface area contributed by atoms with E-state index in [9.17, 15) is 0 Å². The zero-order valence-corrected chi connectivity index (χ0v) is 9.74. The van der Waals surface area contributed by atoms with Crippen LogP contribution in [0, 0.1) is 5.92 Å². The molecule has 0 aliphatic heterocycles. The van der Waals surface area contributed by atoms with Crippen molar-refractivity contribution in [2.75, 3.05) is 0 Å². The zero-order valence-electron chi connectivity index (χ0n) is 9.74. The number of rotatable bonds is 4. The Morgan fingerprint density at radius 2 is 1.80 bits per heavy atom. The van der Waals surface area contributed by atoms with Gasteiger partial charge in [-0.3, -0.25) is 0 Å². The molecule has 0 aromatic heterocycles. The van der Waals surface area contributed by atoms with Gasteiger partial charge in [0.25, 0.3) is 0 Å². The first kappa shape index (κ1) is 10.7. The summed E-state index contributed by atoms with van der Waals surface area (Å²) in [6, 6.07) is 9.34. The molecule has 0 heterocycles. The Kier molecular flexibility index (Phi) is 3.11. The molecule has 1 fully saturated rings. The predicted molar refractivity (Wildman–Crippen MR) is 64.9 cm³/mol. The number of nitrogens with two attached hydrogens (primary N) is 1. The van der Waals surface area contributed by atoms with Crippen molar-refractivity contribution in [3.63, 3.8) is 0 Å². The van der Waals surface area contributed by atoms with Crippen molar-refractivity contribution in [2.45, 2.75) is 45.1 Å². The van der Waals surface area contributed by atoms with E-state index in [1.54, 1.807) is 0 Å². The Morgan fingerprint density at radius 1 is 1.20 bits per heavy atom. The zero-order chi connectivity index (χ0) is 10.8. The molecular formula is C14H21N. The number of hydrogen-bond acceptors (Lipinski definition) is 1. The molecule has 1 heteroatoms. The first-order chi connectivity index (χ1) is 7.16. The van der Waals surface area contributed by atoms with E-state index in [4.69, 9.17) is 5.73 Å². The second-order valence-corrected chi connectivity index (χ2v) is 5.13. The molecule has 2 rings (SSSR count). The van der Waals surface area contributed by atoms with Crippen LogP contribution in [0.15, 0.2) is 24.3 Å². The van der Waals surface area contributed by atoms with E-state index in [2.05, 4.69) is 38.1 Å². The van der Waals surface area contributed by atoms with Gasteiger partial charge in [-0.15, -0.1) is 0 Å². The standard InChI is InChI=1S/C14H21N/c1-10(2)14(15)9-11-3-5-12(6-4-11)13-7-8-13/h3-6,10,13-14H,7-9,15H2,1-2H3. The van der Waals surface area contributed by atoms with Crippen LogP contribution in [0.1, 0.15) is 43.7 Å². The third-order valence-corrected chi connectivity index (χ3v) is 3.36. The molecular weight excluding hydrogens is 182 g/mol. The van der Waals surface area contributed by atoms with Crippen molar-refractivity contribution >= 4 is 0 Å². The Bertz CT molecular complexity index is 309. The summed E-state index contributed by atoms with van der Waals surface area (Å²) in [5.41, 5.74) is 8.95. The Labute approximate surface area is 92.7 Å². The maximum absolute atomic E-state index is 6.06. The van der Waals surface area contributed by atoms with Crippen LogP contribution in [0.2, 0.25) is 0 Å². The van der Waals surface area contributed by atoms with Gasteiger partial charge in [0.05, 0.1) is 0 Å². The summed E-state index contributed by atoms with van der Waals surface area (Å²) < 4.78 is 0. The topological polar surface area (TPSA) is 26.0 Å². The summed E-state index contributed by atoms with van der Waals surface area (Å²) in [5.74, 6) is 1.42.